The van der Waals surface area contributed by atoms with Gasteiger partial charge in [0.1, 0.15) is 0 Å². The molecule has 0 aliphatic heterocycles. The van der Waals surface area contributed by atoms with Crippen LogP contribution in [0.4, 0.5) is 0 Å². The maximum absolute atomic E-state index is 10.6. The molecule has 2 aromatic heterocycles. The summed E-state index contributed by atoms with van der Waals surface area (Å²) in [6.45, 7) is 1.52. The SMILES string of the molecule is CC(=O)c1cnn(C)c1.Cn1cc(Br)cn1. The predicted octanol–water partition coefficient (Wildman–Crippen LogP) is 1.81. The van der Waals surface area contributed by atoms with Gasteiger partial charge in [-0.1, -0.05) is 0 Å². The Labute approximate surface area is 102 Å². The number of aromatic nitrogens is 4. The maximum atomic E-state index is 10.6. The van der Waals surface area contributed by atoms with Crippen molar-refractivity contribution in [3.63, 3.8) is 0 Å². The van der Waals surface area contributed by atoms with Crippen molar-refractivity contribution in [3.05, 3.63) is 34.8 Å². The summed E-state index contributed by atoms with van der Waals surface area (Å²) in [5, 5.41) is 7.72. The van der Waals surface area contributed by atoms with E-state index in [1.165, 1.54) is 6.92 Å². The number of nitrogens with zero attached hydrogens (tertiary/aromatic N) is 4. The largest absolute Gasteiger partial charge is 0.294 e. The number of rotatable bonds is 1. The molecule has 0 aliphatic rings. The third-order valence-corrected chi connectivity index (χ3v) is 2.19. The highest BCUT2D eigenvalue weighted by Crippen LogP contribution is 2.03. The van der Waals surface area contributed by atoms with Gasteiger partial charge in [-0.2, -0.15) is 10.2 Å². The van der Waals surface area contributed by atoms with Gasteiger partial charge >= 0.3 is 0 Å². The fourth-order valence-corrected chi connectivity index (χ4v) is 1.38. The number of hydrogen-bond donors (Lipinski definition) is 0. The molecule has 0 bridgehead atoms. The fourth-order valence-electron chi connectivity index (χ4n) is 0.994. The van der Waals surface area contributed by atoms with E-state index in [1.54, 1.807) is 35.0 Å². The monoisotopic (exact) mass is 284 g/mol. The first-order valence-electron chi connectivity index (χ1n) is 4.63. The molecule has 0 radical (unpaired) electrons. The predicted molar refractivity (Wildman–Crippen MR) is 64.1 cm³/mol. The van der Waals surface area contributed by atoms with Crippen LogP contribution in [0.15, 0.2) is 29.3 Å². The molecule has 5 nitrogen and oxygen atoms in total. The van der Waals surface area contributed by atoms with Crippen LogP contribution in [0.1, 0.15) is 17.3 Å². The maximum Gasteiger partial charge on any atom is 0.162 e. The first-order valence-corrected chi connectivity index (χ1v) is 5.42. The van der Waals surface area contributed by atoms with Crippen LogP contribution in [0.25, 0.3) is 0 Å². The second kappa shape index (κ2) is 5.60. The Morgan fingerprint density at radius 2 is 1.75 bits per heavy atom. The van der Waals surface area contributed by atoms with E-state index in [-0.39, 0.29) is 5.78 Å². The highest BCUT2D eigenvalue weighted by molar-refractivity contribution is 9.10. The molecule has 0 aromatic carbocycles. The first-order chi connectivity index (χ1) is 7.49. The molecule has 16 heavy (non-hydrogen) atoms. The minimum absolute atomic E-state index is 0.0584. The molecule has 2 rings (SSSR count). The lowest BCUT2D eigenvalue weighted by Gasteiger charge is -1.82. The molecule has 0 amide bonds. The van der Waals surface area contributed by atoms with Gasteiger partial charge in [0.2, 0.25) is 0 Å². The third kappa shape index (κ3) is 3.98. The van der Waals surface area contributed by atoms with E-state index in [4.69, 9.17) is 0 Å². The second-order valence-corrected chi connectivity index (χ2v) is 4.21. The van der Waals surface area contributed by atoms with Crippen molar-refractivity contribution >= 4 is 21.7 Å². The Morgan fingerprint density at radius 1 is 1.19 bits per heavy atom. The lowest BCUT2D eigenvalue weighted by molar-refractivity contribution is 0.101. The van der Waals surface area contributed by atoms with Crippen LogP contribution in [0.2, 0.25) is 0 Å². The van der Waals surface area contributed by atoms with Gasteiger partial charge in [-0.3, -0.25) is 14.2 Å². The number of hydrogen-bond acceptors (Lipinski definition) is 3. The number of halogens is 1. The Morgan fingerprint density at radius 3 is 1.94 bits per heavy atom. The molecule has 2 aromatic rings. The van der Waals surface area contributed by atoms with Crippen molar-refractivity contribution in [2.24, 2.45) is 14.1 Å². The zero-order chi connectivity index (χ0) is 12.1. The van der Waals surface area contributed by atoms with Gasteiger partial charge in [0.25, 0.3) is 0 Å². The molecule has 0 atom stereocenters. The Hall–Kier alpha value is -1.43. The number of ketones is 1. The summed E-state index contributed by atoms with van der Waals surface area (Å²) < 4.78 is 4.37. The summed E-state index contributed by atoms with van der Waals surface area (Å²) in [5.74, 6) is 0.0584. The minimum atomic E-state index is 0.0584. The van der Waals surface area contributed by atoms with Crippen LogP contribution in [-0.4, -0.2) is 25.3 Å². The second-order valence-electron chi connectivity index (χ2n) is 3.29. The zero-order valence-corrected chi connectivity index (χ0v) is 11.0. The molecular weight excluding hydrogens is 272 g/mol. The summed E-state index contributed by atoms with van der Waals surface area (Å²) in [6.07, 6.45) is 6.89. The van der Waals surface area contributed by atoms with Crippen LogP contribution in [0, 0.1) is 0 Å². The smallest absolute Gasteiger partial charge is 0.162 e. The van der Waals surface area contributed by atoms with Crippen LogP contribution >= 0.6 is 15.9 Å². The van der Waals surface area contributed by atoms with Crippen molar-refractivity contribution in [2.75, 3.05) is 0 Å². The molecular formula is C10H13BrN4O. The summed E-state index contributed by atoms with van der Waals surface area (Å²) in [5.41, 5.74) is 0.664. The molecule has 2 heterocycles. The molecule has 6 heteroatoms. The van der Waals surface area contributed by atoms with Gasteiger partial charge in [-0.15, -0.1) is 0 Å². The molecule has 0 spiro atoms. The van der Waals surface area contributed by atoms with E-state index < -0.39 is 0 Å². The number of Topliss-reactive ketones (excluding diaryl/α,β-unsaturated/α-hetero) is 1. The van der Waals surface area contributed by atoms with E-state index in [9.17, 15) is 4.79 Å². The van der Waals surface area contributed by atoms with Crippen molar-refractivity contribution in [2.45, 2.75) is 6.92 Å². The summed E-state index contributed by atoms with van der Waals surface area (Å²) in [6, 6.07) is 0. The van der Waals surface area contributed by atoms with E-state index >= 15 is 0 Å². The highest BCUT2D eigenvalue weighted by Gasteiger charge is 1.98. The zero-order valence-electron chi connectivity index (χ0n) is 9.38. The summed E-state index contributed by atoms with van der Waals surface area (Å²) in [4.78, 5) is 10.6. The van der Waals surface area contributed by atoms with Crippen molar-refractivity contribution in [1.82, 2.24) is 19.6 Å². The highest BCUT2D eigenvalue weighted by atomic mass is 79.9. The lowest BCUT2D eigenvalue weighted by Crippen LogP contribution is -1.88. The molecule has 0 unspecified atom stereocenters. The molecule has 0 aliphatic carbocycles. The lowest BCUT2D eigenvalue weighted by atomic mass is 10.3. The Bertz CT molecular complexity index is 458. The van der Waals surface area contributed by atoms with Crippen LogP contribution in [-0.2, 0) is 14.1 Å². The number of carbonyl (C=O) groups excluding carboxylic acids is 1. The van der Waals surface area contributed by atoms with Crippen molar-refractivity contribution in [3.8, 4) is 0 Å². The normalized spacial score (nSPS) is 9.50. The molecule has 86 valence electrons. The van der Waals surface area contributed by atoms with E-state index in [0.29, 0.717) is 5.56 Å². The molecule has 0 saturated heterocycles. The fraction of sp³-hybridized carbons (Fsp3) is 0.300. The van der Waals surface area contributed by atoms with Crippen LogP contribution in [0.3, 0.4) is 0 Å². The van der Waals surface area contributed by atoms with Gasteiger partial charge in [-0.05, 0) is 22.9 Å². The third-order valence-electron chi connectivity index (χ3n) is 1.78. The van der Waals surface area contributed by atoms with E-state index in [0.717, 1.165) is 4.47 Å². The van der Waals surface area contributed by atoms with E-state index in [2.05, 4.69) is 26.1 Å². The van der Waals surface area contributed by atoms with Crippen LogP contribution in [0.5, 0.6) is 0 Å². The average Bonchev–Trinajstić information content (AvgIpc) is 2.76. The minimum Gasteiger partial charge on any atom is -0.294 e. The van der Waals surface area contributed by atoms with Gasteiger partial charge in [-0.25, -0.2) is 0 Å². The molecule has 0 fully saturated rings. The van der Waals surface area contributed by atoms with E-state index in [1.807, 2.05) is 13.2 Å². The number of carbonyl (C=O) groups is 1. The van der Waals surface area contributed by atoms with Gasteiger partial charge in [0.15, 0.2) is 5.78 Å². The van der Waals surface area contributed by atoms with Crippen molar-refractivity contribution in [1.29, 1.82) is 0 Å². The quantitative estimate of drug-likeness (QED) is 0.751. The van der Waals surface area contributed by atoms with Crippen molar-refractivity contribution < 1.29 is 4.79 Å². The number of aryl methyl sites for hydroxylation is 2. The Balaban J connectivity index is 0.000000165. The summed E-state index contributed by atoms with van der Waals surface area (Å²) in [7, 11) is 3.66. The summed E-state index contributed by atoms with van der Waals surface area (Å²) >= 11 is 3.25. The molecule has 0 saturated carbocycles. The van der Waals surface area contributed by atoms with Gasteiger partial charge in [0, 0.05) is 26.5 Å². The van der Waals surface area contributed by atoms with Gasteiger partial charge in [0.05, 0.1) is 22.4 Å². The topological polar surface area (TPSA) is 52.7 Å². The first kappa shape index (κ1) is 12.6. The van der Waals surface area contributed by atoms with Crippen LogP contribution < -0.4 is 0 Å². The average molecular weight is 285 g/mol. The van der Waals surface area contributed by atoms with Gasteiger partial charge < -0.3 is 0 Å². The Kier molecular flexibility index (Phi) is 4.42. The standard InChI is InChI=1S/C6H8N2O.C4H5BrN2/c1-5(9)6-3-7-8(2)4-6;1-7-3-4(5)2-6-7/h3-4H,1-2H3;2-3H,1H3. The molecule has 0 N–H and O–H groups in total.